The predicted octanol–water partition coefficient (Wildman–Crippen LogP) is 3.79. The second kappa shape index (κ2) is 4.24. The third-order valence-electron chi connectivity index (χ3n) is 4.57. The molecule has 0 saturated carbocycles. The molecule has 3 aromatic carbocycles. The normalized spacial score (nSPS) is 19.0. The van der Waals surface area contributed by atoms with Gasteiger partial charge in [0.15, 0.2) is 0 Å². The molecule has 110 valence electrons. The fourth-order valence-corrected chi connectivity index (χ4v) is 3.46. The molecule has 1 aliphatic rings. The highest BCUT2D eigenvalue weighted by molar-refractivity contribution is 6.05. The fourth-order valence-electron chi connectivity index (χ4n) is 3.46. The minimum atomic E-state index is -1.11. The molecule has 0 heterocycles. The summed E-state index contributed by atoms with van der Waals surface area (Å²) in [5.41, 5.74) is 2.44. The topological polar surface area (TPSA) is 49.7 Å². The highest BCUT2D eigenvalue weighted by Gasteiger charge is 2.39. The number of ether oxygens (including phenoxy) is 1. The lowest BCUT2D eigenvalue weighted by atomic mass is 9.92. The Kier molecular flexibility index (Phi) is 2.54. The highest BCUT2D eigenvalue weighted by Crippen LogP contribution is 2.52. The summed E-state index contributed by atoms with van der Waals surface area (Å²) in [5.74, 6) is 0.897. The first-order chi connectivity index (χ1) is 10.5. The van der Waals surface area contributed by atoms with E-state index < -0.39 is 5.60 Å². The van der Waals surface area contributed by atoms with Gasteiger partial charge >= 0.3 is 0 Å². The fraction of sp³-hybridized carbons (Fsp3) is 0.158. The maximum Gasteiger partial charge on any atom is 0.123 e. The van der Waals surface area contributed by atoms with Gasteiger partial charge in [0.2, 0.25) is 0 Å². The second-order valence-corrected chi connectivity index (χ2v) is 5.85. The van der Waals surface area contributed by atoms with Crippen LogP contribution >= 0.6 is 0 Å². The van der Waals surface area contributed by atoms with Gasteiger partial charge in [-0.15, -0.1) is 0 Å². The summed E-state index contributed by atoms with van der Waals surface area (Å²) in [4.78, 5) is 0. The third kappa shape index (κ3) is 1.54. The first-order valence-corrected chi connectivity index (χ1v) is 7.20. The van der Waals surface area contributed by atoms with Crippen LogP contribution in [0.15, 0.2) is 48.5 Å². The molecule has 22 heavy (non-hydrogen) atoms. The molecule has 0 bridgehead atoms. The van der Waals surface area contributed by atoms with Crippen molar-refractivity contribution >= 4 is 10.8 Å². The molecular weight excluding hydrogens is 276 g/mol. The summed E-state index contributed by atoms with van der Waals surface area (Å²) in [5, 5.41) is 23.0. The van der Waals surface area contributed by atoms with Gasteiger partial charge < -0.3 is 14.9 Å². The molecule has 0 amide bonds. The van der Waals surface area contributed by atoms with Gasteiger partial charge in [0.05, 0.1) is 7.11 Å². The Morgan fingerprint density at radius 2 is 1.73 bits per heavy atom. The van der Waals surface area contributed by atoms with E-state index in [2.05, 4.69) is 0 Å². The largest absolute Gasteiger partial charge is 0.507 e. The number of phenolic OH excluding ortho intramolecular Hbond substituents is 1. The first kappa shape index (κ1) is 13.2. The monoisotopic (exact) mass is 292 g/mol. The quantitative estimate of drug-likeness (QED) is 0.717. The summed E-state index contributed by atoms with van der Waals surface area (Å²) in [6.45, 7) is 1.77. The molecule has 0 aliphatic heterocycles. The van der Waals surface area contributed by atoms with E-state index in [1.54, 1.807) is 20.1 Å². The number of aromatic hydroxyl groups is 1. The van der Waals surface area contributed by atoms with Crippen LogP contribution in [0.5, 0.6) is 11.5 Å². The summed E-state index contributed by atoms with van der Waals surface area (Å²) >= 11 is 0. The van der Waals surface area contributed by atoms with Crippen LogP contribution < -0.4 is 4.74 Å². The molecule has 1 atom stereocenters. The van der Waals surface area contributed by atoms with Crippen molar-refractivity contribution in [1.82, 2.24) is 0 Å². The van der Waals surface area contributed by atoms with Crippen LogP contribution in [0.2, 0.25) is 0 Å². The van der Waals surface area contributed by atoms with E-state index >= 15 is 0 Å². The zero-order chi connectivity index (χ0) is 15.5. The molecule has 1 aliphatic carbocycles. The van der Waals surface area contributed by atoms with Crippen LogP contribution in [0, 0.1) is 0 Å². The molecule has 0 spiro atoms. The SMILES string of the molecule is COc1ccc2c(O)cc3c(c2c1)-c1ccccc1C3(C)O. The maximum atomic E-state index is 11.0. The number of fused-ring (bicyclic) bond motifs is 5. The molecule has 0 radical (unpaired) electrons. The average Bonchev–Trinajstić information content (AvgIpc) is 2.76. The van der Waals surface area contributed by atoms with Crippen LogP contribution in [0.4, 0.5) is 0 Å². The molecule has 4 rings (SSSR count). The molecular formula is C19H16O3. The van der Waals surface area contributed by atoms with Crippen LogP contribution in [-0.4, -0.2) is 17.3 Å². The summed E-state index contributed by atoms with van der Waals surface area (Å²) in [6.07, 6.45) is 0. The lowest BCUT2D eigenvalue weighted by Gasteiger charge is -2.20. The van der Waals surface area contributed by atoms with Crippen molar-refractivity contribution in [3.05, 3.63) is 59.7 Å². The van der Waals surface area contributed by atoms with E-state index in [-0.39, 0.29) is 5.75 Å². The lowest BCUT2D eigenvalue weighted by Crippen LogP contribution is -2.19. The van der Waals surface area contributed by atoms with E-state index in [1.807, 2.05) is 42.5 Å². The number of phenols is 1. The predicted molar refractivity (Wildman–Crippen MR) is 86.3 cm³/mol. The van der Waals surface area contributed by atoms with Crippen molar-refractivity contribution in [1.29, 1.82) is 0 Å². The summed E-state index contributed by atoms with van der Waals surface area (Å²) < 4.78 is 5.32. The molecule has 3 aromatic rings. The lowest BCUT2D eigenvalue weighted by molar-refractivity contribution is 0.107. The van der Waals surface area contributed by atoms with Crippen LogP contribution in [0.3, 0.4) is 0 Å². The smallest absolute Gasteiger partial charge is 0.123 e. The van der Waals surface area contributed by atoms with Gasteiger partial charge in [-0.3, -0.25) is 0 Å². The molecule has 2 N–H and O–H groups in total. The van der Waals surface area contributed by atoms with Gasteiger partial charge in [-0.2, -0.15) is 0 Å². The number of hydrogen-bond donors (Lipinski definition) is 2. The zero-order valence-electron chi connectivity index (χ0n) is 12.4. The van der Waals surface area contributed by atoms with Crippen LogP contribution in [-0.2, 0) is 5.60 Å². The highest BCUT2D eigenvalue weighted by atomic mass is 16.5. The third-order valence-corrected chi connectivity index (χ3v) is 4.57. The van der Waals surface area contributed by atoms with E-state index in [1.165, 1.54) is 0 Å². The standard InChI is InChI=1S/C19H16O3/c1-19(21)15-6-4-3-5-13(15)18-14-9-11(22-2)7-8-12(14)17(20)10-16(18)19/h3-10,20-21H,1-2H3. The van der Waals surface area contributed by atoms with Crippen molar-refractivity contribution in [3.63, 3.8) is 0 Å². The van der Waals surface area contributed by atoms with Crippen molar-refractivity contribution in [3.8, 4) is 22.6 Å². The van der Waals surface area contributed by atoms with Crippen molar-refractivity contribution in [2.75, 3.05) is 7.11 Å². The second-order valence-electron chi connectivity index (χ2n) is 5.85. The zero-order valence-corrected chi connectivity index (χ0v) is 12.4. The number of aliphatic hydroxyl groups is 1. The summed E-state index contributed by atoms with van der Waals surface area (Å²) in [7, 11) is 1.62. The van der Waals surface area contributed by atoms with Gasteiger partial charge in [-0.1, -0.05) is 24.3 Å². The Labute approximate surface area is 128 Å². The van der Waals surface area contributed by atoms with E-state index in [0.29, 0.717) is 0 Å². The van der Waals surface area contributed by atoms with Crippen molar-refractivity contribution in [2.24, 2.45) is 0 Å². The van der Waals surface area contributed by atoms with E-state index in [4.69, 9.17) is 4.74 Å². The minimum absolute atomic E-state index is 0.171. The van der Waals surface area contributed by atoms with Gasteiger partial charge in [0.25, 0.3) is 0 Å². The Morgan fingerprint density at radius 3 is 2.50 bits per heavy atom. The van der Waals surface area contributed by atoms with Gasteiger partial charge in [-0.05, 0) is 58.8 Å². The van der Waals surface area contributed by atoms with Crippen molar-refractivity contribution in [2.45, 2.75) is 12.5 Å². The van der Waals surface area contributed by atoms with Crippen LogP contribution in [0.1, 0.15) is 18.1 Å². The Balaban J connectivity index is 2.20. The minimum Gasteiger partial charge on any atom is -0.507 e. The summed E-state index contributed by atoms with van der Waals surface area (Å²) in [6, 6.07) is 15.1. The maximum absolute atomic E-state index is 11.0. The molecule has 0 fully saturated rings. The molecule has 1 unspecified atom stereocenters. The van der Waals surface area contributed by atoms with E-state index in [9.17, 15) is 10.2 Å². The van der Waals surface area contributed by atoms with Crippen molar-refractivity contribution < 1.29 is 14.9 Å². The molecule has 3 heteroatoms. The Hall–Kier alpha value is -2.52. The first-order valence-electron chi connectivity index (χ1n) is 7.20. The Morgan fingerprint density at radius 1 is 0.955 bits per heavy atom. The van der Waals surface area contributed by atoms with Gasteiger partial charge in [0, 0.05) is 5.39 Å². The van der Waals surface area contributed by atoms with Gasteiger partial charge in [0.1, 0.15) is 17.1 Å². The molecule has 0 saturated heterocycles. The number of benzene rings is 3. The average molecular weight is 292 g/mol. The number of methoxy groups -OCH3 is 1. The van der Waals surface area contributed by atoms with Gasteiger partial charge in [-0.25, -0.2) is 0 Å². The number of rotatable bonds is 1. The van der Waals surface area contributed by atoms with Crippen LogP contribution in [0.25, 0.3) is 21.9 Å². The Bertz CT molecular complexity index is 910. The number of hydrogen-bond acceptors (Lipinski definition) is 3. The molecule has 3 nitrogen and oxygen atoms in total. The molecule has 0 aromatic heterocycles. The van der Waals surface area contributed by atoms with E-state index in [0.717, 1.165) is 38.8 Å².